The maximum absolute atomic E-state index is 11.5. The van der Waals surface area contributed by atoms with E-state index in [1.165, 1.54) is 0 Å². The van der Waals surface area contributed by atoms with Gasteiger partial charge in [0.25, 0.3) is 0 Å². The van der Waals surface area contributed by atoms with Crippen LogP contribution in [0, 0.1) is 0 Å². The van der Waals surface area contributed by atoms with Gasteiger partial charge < -0.3 is 0 Å². The molecule has 0 amide bonds. The Hall–Kier alpha value is -1.18. The van der Waals surface area contributed by atoms with Crippen molar-refractivity contribution in [3.05, 3.63) is 29.1 Å². The number of rotatable bonds is 1. The standard InChI is InChI=1S/C12H15NO/c1-8(2)10-7-6-9-11(13-10)4-3-5-12(9)14/h6-8H,3-5H2,1-2H3. The molecule has 1 aliphatic rings. The summed E-state index contributed by atoms with van der Waals surface area (Å²) in [6.07, 6.45) is 2.61. The monoisotopic (exact) mass is 189 g/mol. The molecule has 0 radical (unpaired) electrons. The zero-order chi connectivity index (χ0) is 10.1. The lowest BCUT2D eigenvalue weighted by atomic mass is 9.94. The highest BCUT2D eigenvalue weighted by molar-refractivity contribution is 5.97. The minimum absolute atomic E-state index is 0.258. The molecule has 2 heteroatoms. The minimum atomic E-state index is 0.258. The lowest BCUT2D eigenvalue weighted by Crippen LogP contribution is -2.13. The lowest BCUT2D eigenvalue weighted by Gasteiger charge is -2.15. The zero-order valence-corrected chi connectivity index (χ0v) is 8.71. The molecule has 0 aromatic carbocycles. The van der Waals surface area contributed by atoms with E-state index in [9.17, 15) is 4.79 Å². The molecule has 0 fully saturated rings. The van der Waals surface area contributed by atoms with Crippen LogP contribution in [0.15, 0.2) is 12.1 Å². The Labute approximate surface area is 84.4 Å². The second-order valence-corrected chi connectivity index (χ2v) is 4.16. The summed E-state index contributed by atoms with van der Waals surface area (Å²) in [5, 5.41) is 0. The number of fused-ring (bicyclic) bond motifs is 1. The second-order valence-electron chi connectivity index (χ2n) is 4.16. The van der Waals surface area contributed by atoms with Crippen molar-refractivity contribution in [1.29, 1.82) is 0 Å². The fourth-order valence-electron chi connectivity index (χ4n) is 1.84. The quantitative estimate of drug-likeness (QED) is 0.680. The molecular weight excluding hydrogens is 174 g/mol. The van der Waals surface area contributed by atoms with Crippen LogP contribution in [0.25, 0.3) is 0 Å². The van der Waals surface area contributed by atoms with E-state index < -0.39 is 0 Å². The third kappa shape index (κ3) is 1.57. The van der Waals surface area contributed by atoms with Gasteiger partial charge in [-0.3, -0.25) is 9.78 Å². The van der Waals surface area contributed by atoms with Crippen LogP contribution in [0.4, 0.5) is 0 Å². The average molecular weight is 189 g/mol. The summed E-state index contributed by atoms with van der Waals surface area (Å²) >= 11 is 0. The number of nitrogens with zero attached hydrogens (tertiary/aromatic N) is 1. The Bertz CT molecular complexity index is 369. The third-order valence-corrected chi connectivity index (χ3v) is 2.71. The highest BCUT2D eigenvalue weighted by Gasteiger charge is 2.18. The first-order valence-electron chi connectivity index (χ1n) is 5.21. The van der Waals surface area contributed by atoms with E-state index in [1.807, 2.05) is 12.1 Å². The molecule has 1 aliphatic carbocycles. The van der Waals surface area contributed by atoms with Crippen LogP contribution in [-0.4, -0.2) is 10.8 Å². The first-order chi connectivity index (χ1) is 6.68. The Morgan fingerprint density at radius 3 is 2.79 bits per heavy atom. The number of hydrogen-bond acceptors (Lipinski definition) is 2. The fourth-order valence-corrected chi connectivity index (χ4v) is 1.84. The number of hydrogen-bond donors (Lipinski definition) is 0. The Kier molecular flexibility index (Phi) is 2.36. The van der Waals surface area contributed by atoms with Crippen LogP contribution < -0.4 is 0 Å². The molecule has 2 nitrogen and oxygen atoms in total. The van der Waals surface area contributed by atoms with Crippen molar-refractivity contribution in [2.45, 2.75) is 39.0 Å². The number of carbonyl (C=O) groups is 1. The maximum atomic E-state index is 11.5. The molecule has 14 heavy (non-hydrogen) atoms. The van der Waals surface area contributed by atoms with Crippen molar-refractivity contribution < 1.29 is 4.79 Å². The van der Waals surface area contributed by atoms with E-state index in [4.69, 9.17) is 0 Å². The van der Waals surface area contributed by atoms with Gasteiger partial charge in [0.1, 0.15) is 0 Å². The maximum Gasteiger partial charge on any atom is 0.164 e. The van der Waals surface area contributed by atoms with Crippen LogP contribution in [0.2, 0.25) is 0 Å². The summed E-state index contributed by atoms with van der Waals surface area (Å²) < 4.78 is 0. The predicted octanol–water partition coefficient (Wildman–Crippen LogP) is 2.72. The SMILES string of the molecule is CC(C)c1ccc2c(n1)CCCC2=O. The van der Waals surface area contributed by atoms with E-state index in [0.717, 1.165) is 29.8 Å². The van der Waals surface area contributed by atoms with Gasteiger partial charge in [-0.05, 0) is 30.9 Å². The molecule has 0 N–H and O–H groups in total. The van der Waals surface area contributed by atoms with Crippen molar-refractivity contribution in [3.63, 3.8) is 0 Å². The van der Waals surface area contributed by atoms with Gasteiger partial charge in [-0.25, -0.2) is 0 Å². The molecule has 2 rings (SSSR count). The number of carbonyl (C=O) groups excluding carboxylic acids is 1. The van der Waals surface area contributed by atoms with E-state index in [-0.39, 0.29) is 5.78 Å². The normalized spacial score (nSPS) is 15.8. The Morgan fingerprint density at radius 1 is 1.29 bits per heavy atom. The molecule has 1 aromatic heterocycles. The molecule has 1 aromatic rings. The van der Waals surface area contributed by atoms with Crippen LogP contribution in [0.1, 0.15) is 54.4 Å². The summed E-state index contributed by atoms with van der Waals surface area (Å²) in [5.74, 6) is 0.700. The molecular formula is C12H15NO. The van der Waals surface area contributed by atoms with Crippen molar-refractivity contribution >= 4 is 5.78 Å². The van der Waals surface area contributed by atoms with Gasteiger partial charge in [-0.15, -0.1) is 0 Å². The lowest BCUT2D eigenvalue weighted by molar-refractivity contribution is 0.0971. The largest absolute Gasteiger partial charge is 0.294 e. The predicted molar refractivity (Wildman–Crippen MR) is 55.6 cm³/mol. The van der Waals surface area contributed by atoms with Crippen LogP contribution in [0.5, 0.6) is 0 Å². The molecule has 0 aliphatic heterocycles. The highest BCUT2D eigenvalue weighted by Crippen LogP contribution is 2.22. The van der Waals surface area contributed by atoms with Gasteiger partial charge >= 0.3 is 0 Å². The van der Waals surface area contributed by atoms with Gasteiger partial charge in [0, 0.05) is 17.7 Å². The smallest absolute Gasteiger partial charge is 0.164 e. The topological polar surface area (TPSA) is 30.0 Å². The number of Topliss-reactive ketones (excluding diaryl/α,β-unsaturated/α-hetero) is 1. The number of ketones is 1. The van der Waals surface area contributed by atoms with Crippen LogP contribution in [-0.2, 0) is 6.42 Å². The van der Waals surface area contributed by atoms with Gasteiger partial charge in [0.2, 0.25) is 0 Å². The molecule has 1 heterocycles. The first kappa shape index (κ1) is 9.38. The fraction of sp³-hybridized carbons (Fsp3) is 0.500. The summed E-state index contributed by atoms with van der Waals surface area (Å²) in [6.45, 7) is 4.25. The molecule has 0 unspecified atom stereocenters. The second kappa shape index (κ2) is 3.52. The Balaban J connectivity index is 2.44. The Morgan fingerprint density at radius 2 is 2.07 bits per heavy atom. The van der Waals surface area contributed by atoms with Gasteiger partial charge in [-0.1, -0.05) is 13.8 Å². The van der Waals surface area contributed by atoms with Crippen LogP contribution in [0.3, 0.4) is 0 Å². The molecule has 74 valence electrons. The van der Waals surface area contributed by atoms with Crippen molar-refractivity contribution in [2.75, 3.05) is 0 Å². The first-order valence-corrected chi connectivity index (χ1v) is 5.21. The summed E-state index contributed by atoms with van der Waals surface area (Å²) in [7, 11) is 0. The van der Waals surface area contributed by atoms with E-state index in [2.05, 4.69) is 18.8 Å². The zero-order valence-electron chi connectivity index (χ0n) is 8.71. The van der Waals surface area contributed by atoms with Crippen molar-refractivity contribution in [2.24, 2.45) is 0 Å². The van der Waals surface area contributed by atoms with Gasteiger partial charge in [0.15, 0.2) is 5.78 Å². The average Bonchev–Trinajstić information content (AvgIpc) is 2.17. The van der Waals surface area contributed by atoms with E-state index in [1.54, 1.807) is 0 Å². The number of pyridine rings is 1. The number of aromatic nitrogens is 1. The third-order valence-electron chi connectivity index (χ3n) is 2.71. The molecule has 0 spiro atoms. The molecule has 0 saturated heterocycles. The molecule has 0 saturated carbocycles. The van der Waals surface area contributed by atoms with Gasteiger partial charge in [-0.2, -0.15) is 0 Å². The molecule has 0 atom stereocenters. The van der Waals surface area contributed by atoms with Crippen LogP contribution >= 0.6 is 0 Å². The molecule has 0 bridgehead atoms. The summed E-state index contributed by atoms with van der Waals surface area (Å²) in [4.78, 5) is 16.1. The summed E-state index contributed by atoms with van der Waals surface area (Å²) in [5.41, 5.74) is 2.95. The minimum Gasteiger partial charge on any atom is -0.294 e. The van der Waals surface area contributed by atoms with Crippen molar-refractivity contribution in [1.82, 2.24) is 4.98 Å². The highest BCUT2D eigenvalue weighted by atomic mass is 16.1. The van der Waals surface area contributed by atoms with Crippen molar-refractivity contribution in [3.8, 4) is 0 Å². The van der Waals surface area contributed by atoms with E-state index in [0.29, 0.717) is 12.3 Å². The number of aryl methyl sites for hydroxylation is 1. The summed E-state index contributed by atoms with van der Waals surface area (Å²) in [6, 6.07) is 3.92. The van der Waals surface area contributed by atoms with E-state index >= 15 is 0 Å². The van der Waals surface area contributed by atoms with Gasteiger partial charge in [0.05, 0.1) is 5.69 Å².